The summed E-state index contributed by atoms with van der Waals surface area (Å²) in [6.45, 7) is 4.00. The number of carbonyl (C=O) groups is 2. The maximum atomic E-state index is 11.5. The summed E-state index contributed by atoms with van der Waals surface area (Å²) in [4.78, 5) is 31.4. The minimum atomic E-state index is -0.635. The Balaban J connectivity index is 0.00000109. The summed E-state index contributed by atoms with van der Waals surface area (Å²) in [7, 11) is 0. The van der Waals surface area contributed by atoms with Crippen LogP contribution in [0.15, 0.2) is 42.7 Å². The molecule has 3 heterocycles. The highest BCUT2D eigenvalue weighted by atomic mass is 16.5. The molecular formula is C20H20N4O4. The number of rotatable bonds is 3. The molecule has 2 aromatic heterocycles. The van der Waals surface area contributed by atoms with Crippen LogP contribution in [-0.2, 0) is 11.2 Å². The summed E-state index contributed by atoms with van der Waals surface area (Å²) >= 11 is 0. The summed E-state index contributed by atoms with van der Waals surface area (Å²) in [5, 5.41) is 12.2. The smallest absolute Gasteiger partial charge is 0.276 e. The van der Waals surface area contributed by atoms with Gasteiger partial charge in [-0.3, -0.25) is 19.8 Å². The summed E-state index contributed by atoms with van der Waals surface area (Å²) in [6, 6.07) is 8.66. The van der Waals surface area contributed by atoms with Crippen LogP contribution in [0, 0.1) is 0 Å². The van der Waals surface area contributed by atoms with Crippen molar-refractivity contribution in [3.63, 3.8) is 0 Å². The van der Waals surface area contributed by atoms with Gasteiger partial charge in [-0.25, -0.2) is 10.5 Å². The number of aromatic nitrogens is 2. The largest absolute Gasteiger partial charge is 0.457 e. The van der Waals surface area contributed by atoms with E-state index in [0.29, 0.717) is 41.1 Å². The van der Waals surface area contributed by atoms with Crippen molar-refractivity contribution in [1.29, 1.82) is 0 Å². The quantitative estimate of drug-likeness (QED) is 0.474. The predicted octanol–water partition coefficient (Wildman–Crippen LogP) is 3.45. The molecule has 0 aliphatic carbocycles. The molecule has 4 rings (SSSR count). The maximum Gasteiger partial charge on any atom is 0.276 e. The van der Waals surface area contributed by atoms with E-state index >= 15 is 0 Å². The molecule has 3 aromatic rings. The third kappa shape index (κ3) is 3.91. The number of amides is 2. The van der Waals surface area contributed by atoms with E-state index in [0.717, 1.165) is 5.56 Å². The van der Waals surface area contributed by atoms with Crippen LogP contribution in [0.3, 0.4) is 0 Å². The van der Waals surface area contributed by atoms with Gasteiger partial charge in [0, 0.05) is 29.8 Å². The fourth-order valence-electron chi connectivity index (χ4n) is 2.84. The molecule has 0 atom stereocenters. The number of benzene rings is 1. The highest BCUT2D eigenvalue weighted by Crippen LogP contribution is 2.33. The zero-order chi connectivity index (χ0) is 20.1. The van der Waals surface area contributed by atoms with E-state index in [9.17, 15) is 9.59 Å². The van der Waals surface area contributed by atoms with Crippen LogP contribution in [0.5, 0.6) is 11.5 Å². The lowest BCUT2D eigenvalue weighted by atomic mass is 10.1. The number of hydrogen-bond acceptors (Lipinski definition) is 6. The number of pyridine rings is 2. The van der Waals surface area contributed by atoms with Gasteiger partial charge in [0.15, 0.2) is 0 Å². The second kappa shape index (κ2) is 8.45. The average Bonchev–Trinajstić information content (AvgIpc) is 2.74. The summed E-state index contributed by atoms with van der Waals surface area (Å²) in [5.41, 5.74) is 3.36. The van der Waals surface area contributed by atoms with Gasteiger partial charge in [-0.05, 0) is 36.8 Å². The Labute approximate surface area is 161 Å². The number of carbonyl (C=O) groups excluding carboxylic acids is 2. The van der Waals surface area contributed by atoms with Crippen molar-refractivity contribution in [2.75, 3.05) is 5.32 Å². The van der Waals surface area contributed by atoms with Crippen LogP contribution >= 0.6 is 0 Å². The van der Waals surface area contributed by atoms with E-state index in [1.165, 1.54) is 6.20 Å². The zero-order valence-electron chi connectivity index (χ0n) is 15.5. The summed E-state index contributed by atoms with van der Waals surface area (Å²) < 4.78 is 5.98. The fourth-order valence-corrected chi connectivity index (χ4v) is 2.84. The molecule has 1 aromatic carbocycles. The number of anilines is 1. The fraction of sp³-hybridized carbons (Fsp3) is 0.200. The van der Waals surface area contributed by atoms with Gasteiger partial charge >= 0.3 is 0 Å². The summed E-state index contributed by atoms with van der Waals surface area (Å²) in [6.07, 6.45) is 3.90. The Hall–Kier alpha value is -3.52. The van der Waals surface area contributed by atoms with Gasteiger partial charge in [0.05, 0.1) is 11.1 Å². The predicted molar refractivity (Wildman–Crippen MR) is 104 cm³/mol. The number of ether oxygens (including phenoxy) is 1. The molecule has 2 amide bonds. The second-order valence-corrected chi connectivity index (χ2v) is 5.81. The molecule has 0 saturated heterocycles. The molecule has 0 spiro atoms. The van der Waals surface area contributed by atoms with Gasteiger partial charge in [0.1, 0.15) is 17.3 Å². The molecule has 3 N–H and O–H groups in total. The van der Waals surface area contributed by atoms with Crippen molar-refractivity contribution >= 4 is 28.5 Å². The average molecular weight is 380 g/mol. The van der Waals surface area contributed by atoms with Gasteiger partial charge in [-0.2, -0.15) is 0 Å². The first-order valence-corrected chi connectivity index (χ1v) is 8.94. The molecule has 0 saturated carbocycles. The number of fused-ring (bicyclic) bond motifs is 2. The number of nitrogens with one attached hydrogen (secondary N) is 2. The standard InChI is InChI=1S/C18H14N4O4.C2H6/c23-16-4-2-13-15(5-6-19-17(13)21-16)26-12-1-3-14-10(8-12)7-11(9-20-14)18(24)22-25;1-2/h1,3,5-9,25H,2,4H2,(H,22,24)(H,19,21,23);1-2H3. The molecular weight excluding hydrogens is 360 g/mol. The van der Waals surface area contributed by atoms with E-state index in [1.807, 2.05) is 13.8 Å². The first-order valence-electron chi connectivity index (χ1n) is 8.94. The first kappa shape index (κ1) is 19.2. The first-order chi connectivity index (χ1) is 13.6. The monoisotopic (exact) mass is 380 g/mol. The molecule has 0 unspecified atom stereocenters. The zero-order valence-corrected chi connectivity index (χ0v) is 15.5. The molecule has 8 nitrogen and oxygen atoms in total. The van der Waals surface area contributed by atoms with E-state index in [2.05, 4.69) is 15.3 Å². The van der Waals surface area contributed by atoms with Crippen LogP contribution in [0.1, 0.15) is 36.2 Å². The number of nitrogens with zero attached hydrogens (tertiary/aromatic N) is 2. The molecule has 1 aliphatic rings. The van der Waals surface area contributed by atoms with Crippen molar-refractivity contribution in [3.05, 3.63) is 53.9 Å². The Bertz CT molecular complexity index is 1040. The highest BCUT2D eigenvalue weighted by molar-refractivity contribution is 5.96. The molecule has 0 bridgehead atoms. The van der Waals surface area contributed by atoms with Crippen molar-refractivity contribution < 1.29 is 19.5 Å². The Morgan fingerprint density at radius 1 is 1.18 bits per heavy atom. The second-order valence-electron chi connectivity index (χ2n) is 5.81. The van der Waals surface area contributed by atoms with Crippen LogP contribution in [0.4, 0.5) is 5.82 Å². The van der Waals surface area contributed by atoms with E-state index in [-0.39, 0.29) is 11.5 Å². The SMILES string of the molecule is CC.O=C1CCc2c(Oc3ccc4ncc(C(=O)NO)cc4c3)ccnc2N1. The van der Waals surface area contributed by atoms with Crippen molar-refractivity contribution in [2.45, 2.75) is 26.7 Å². The van der Waals surface area contributed by atoms with Crippen molar-refractivity contribution in [2.24, 2.45) is 0 Å². The molecule has 144 valence electrons. The van der Waals surface area contributed by atoms with E-state index in [4.69, 9.17) is 9.94 Å². The van der Waals surface area contributed by atoms with Gasteiger partial charge in [-0.15, -0.1) is 0 Å². The normalized spacial score (nSPS) is 12.3. The van der Waals surface area contributed by atoms with Crippen LogP contribution in [0.2, 0.25) is 0 Å². The molecule has 1 aliphatic heterocycles. The molecule has 0 radical (unpaired) electrons. The number of hydrogen-bond donors (Lipinski definition) is 3. The van der Waals surface area contributed by atoms with Crippen LogP contribution in [-0.4, -0.2) is 27.0 Å². The molecule has 28 heavy (non-hydrogen) atoms. The van der Waals surface area contributed by atoms with Gasteiger partial charge < -0.3 is 10.1 Å². The Morgan fingerprint density at radius 2 is 2.00 bits per heavy atom. The third-order valence-corrected chi connectivity index (χ3v) is 4.12. The molecule has 8 heteroatoms. The molecule has 0 fully saturated rings. The lowest BCUT2D eigenvalue weighted by Crippen LogP contribution is -2.20. The minimum Gasteiger partial charge on any atom is -0.457 e. The topological polar surface area (TPSA) is 113 Å². The Morgan fingerprint density at radius 3 is 2.79 bits per heavy atom. The third-order valence-electron chi connectivity index (χ3n) is 4.12. The van der Waals surface area contributed by atoms with Crippen LogP contribution < -0.4 is 15.5 Å². The lowest BCUT2D eigenvalue weighted by molar-refractivity contribution is -0.116. The van der Waals surface area contributed by atoms with Crippen molar-refractivity contribution in [3.8, 4) is 11.5 Å². The highest BCUT2D eigenvalue weighted by Gasteiger charge is 2.20. The van der Waals surface area contributed by atoms with E-state index in [1.54, 1.807) is 42.0 Å². The van der Waals surface area contributed by atoms with Gasteiger partial charge in [-0.1, -0.05) is 13.8 Å². The number of hydroxylamine groups is 1. The summed E-state index contributed by atoms with van der Waals surface area (Å²) in [5.74, 6) is 0.999. The Kier molecular flexibility index (Phi) is 5.81. The minimum absolute atomic E-state index is 0.0615. The van der Waals surface area contributed by atoms with Crippen molar-refractivity contribution in [1.82, 2.24) is 15.4 Å². The van der Waals surface area contributed by atoms with Crippen LogP contribution in [0.25, 0.3) is 10.9 Å². The lowest BCUT2D eigenvalue weighted by Gasteiger charge is -2.18. The maximum absolute atomic E-state index is 11.5. The van der Waals surface area contributed by atoms with Gasteiger partial charge in [0.25, 0.3) is 5.91 Å². The van der Waals surface area contributed by atoms with Gasteiger partial charge in [0.2, 0.25) is 5.91 Å². The van der Waals surface area contributed by atoms with E-state index < -0.39 is 5.91 Å².